The van der Waals surface area contributed by atoms with Gasteiger partial charge in [-0.25, -0.2) is 0 Å². The van der Waals surface area contributed by atoms with Gasteiger partial charge in [0.1, 0.15) is 8.24 Å². The lowest BCUT2D eigenvalue weighted by Crippen LogP contribution is -2.63. The van der Waals surface area contributed by atoms with Crippen molar-refractivity contribution in [3.05, 3.63) is 53.6 Å². The third-order valence-corrected chi connectivity index (χ3v) is 12.0. The summed E-state index contributed by atoms with van der Waals surface area (Å²) in [5.74, 6) is 2.89. The Balaban J connectivity index is 1.67. The lowest BCUT2D eigenvalue weighted by Gasteiger charge is -2.48. The predicted molar refractivity (Wildman–Crippen MR) is 122 cm³/mol. The molecular weight excluding hydrogens is 358 g/mol. The minimum absolute atomic E-state index is 0.669. The normalized spacial score (nSPS) is 31.1. The van der Waals surface area contributed by atoms with E-state index in [0.29, 0.717) is 11.8 Å². The van der Waals surface area contributed by atoms with Crippen LogP contribution in [0.25, 0.3) is 5.57 Å². The smallest absolute Gasteiger partial charge is 0.129 e. The summed E-state index contributed by atoms with van der Waals surface area (Å²) >= 11 is 0. The van der Waals surface area contributed by atoms with Crippen molar-refractivity contribution in [1.29, 1.82) is 0 Å². The molecule has 4 rings (SSSR count). The van der Waals surface area contributed by atoms with E-state index in [9.17, 15) is 0 Å². The van der Waals surface area contributed by atoms with E-state index in [2.05, 4.69) is 91.6 Å². The van der Waals surface area contributed by atoms with Gasteiger partial charge in [0.15, 0.2) is 0 Å². The topological polar surface area (TPSA) is 27.3 Å². The van der Waals surface area contributed by atoms with Gasteiger partial charge in [0.25, 0.3) is 0 Å². The monoisotopic (exact) mass is 395 g/mol. The average Bonchev–Trinajstić information content (AvgIpc) is 3.10. The predicted octanol–water partition coefficient (Wildman–Crippen LogP) is 4.80. The van der Waals surface area contributed by atoms with Gasteiger partial charge in [-0.05, 0) is 53.7 Å². The van der Waals surface area contributed by atoms with Gasteiger partial charge in [0, 0.05) is 20.0 Å². The molecule has 1 aromatic carbocycles. The van der Waals surface area contributed by atoms with E-state index in [1.54, 1.807) is 5.57 Å². The van der Waals surface area contributed by atoms with E-state index in [-0.39, 0.29) is 0 Å². The van der Waals surface area contributed by atoms with Crippen molar-refractivity contribution in [1.82, 2.24) is 15.2 Å². The summed E-state index contributed by atoms with van der Waals surface area (Å²) in [7, 11) is -1.61. The van der Waals surface area contributed by atoms with Crippen LogP contribution < -0.4 is 10.6 Å². The minimum atomic E-state index is -1.61. The van der Waals surface area contributed by atoms with Crippen LogP contribution in [0.4, 0.5) is 0 Å². The molecular formula is C24H37N3Si. The molecule has 1 saturated carbocycles. The Morgan fingerprint density at radius 3 is 2.39 bits per heavy atom. The first-order valence-electron chi connectivity index (χ1n) is 11.0. The largest absolute Gasteiger partial charge is 0.299 e. The molecule has 152 valence electrons. The standard InChI is InChI=1S/C24H37N3Si/c1-17(2)22-13-23-20(19-11-9-18(3)10-12-19)7-6-8-21(23)24(22)28(4,5)27-15-25-14-26-16-27/h6-12,17,21-26H,13-16H2,1-5H3. The quantitative estimate of drug-likeness (QED) is 0.717. The zero-order valence-corrected chi connectivity index (χ0v) is 19.2. The number of aryl methyl sites for hydroxylation is 1. The van der Waals surface area contributed by atoms with Crippen molar-refractivity contribution in [3.8, 4) is 0 Å². The molecule has 0 aromatic heterocycles. The Hall–Kier alpha value is -1.20. The molecule has 2 N–H and O–H groups in total. The number of benzene rings is 1. The molecule has 4 unspecified atom stereocenters. The van der Waals surface area contributed by atoms with E-state index >= 15 is 0 Å². The summed E-state index contributed by atoms with van der Waals surface area (Å²) in [6.45, 7) is 15.3. The van der Waals surface area contributed by atoms with Crippen LogP contribution in [0.5, 0.6) is 0 Å². The Bertz CT molecular complexity index is 744. The van der Waals surface area contributed by atoms with E-state index in [1.165, 1.54) is 17.5 Å². The number of hydrogen-bond acceptors (Lipinski definition) is 3. The highest BCUT2D eigenvalue weighted by Gasteiger charge is 2.54. The second kappa shape index (κ2) is 7.90. The van der Waals surface area contributed by atoms with Crippen LogP contribution in [0.15, 0.2) is 42.5 Å². The third-order valence-electron chi connectivity index (χ3n) is 7.60. The summed E-state index contributed by atoms with van der Waals surface area (Å²) in [5.41, 5.74) is 5.13. The molecule has 2 fully saturated rings. The molecule has 0 amide bonds. The zero-order chi connectivity index (χ0) is 19.9. The van der Waals surface area contributed by atoms with E-state index in [4.69, 9.17) is 0 Å². The van der Waals surface area contributed by atoms with Crippen LogP contribution in [0.2, 0.25) is 18.6 Å². The number of rotatable bonds is 4. The number of fused-ring (bicyclic) bond motifs is 1. The maximum absolute atomic E-state index is 3.54. The van der Waals surface area contributed by atoms with Gasteiger partial charge in [0.05, 0.1) is 0 Å². The van der Waals surface area contributed by atoms with Gasteiger partial charge in [-0.1, -0.05) is 75.0 Å². The average molecular weight is 396 g/mol. The molecule has 0 spiro atoms. The molecule has 28 heavy (non-hydrogen) atoms. The van der Waals surface area contributed by atoms with Crippen molar-refractivity contribution in [2.75, 3.05) is 20.0 Å². The number of hydrogen-bond donors (Lipinski definition) is 2. The Morgan fingerprint density at radius 1 is 1.07 bits per heavy atom. The first-order chi connectivity index (χ1) is 13.4. The highest BCUT2D eigenvalue weighted by atomic mass is 28.3. The highest BCUT2D eigenvalue weighted by Crippen LogP contribution is 2.59. The van der Waals surface area contributed by atoms with Crippen molar-refractivity contribution < 1.29 is 0 Å². The van der Waals surface area contributed by atoms with E-state index in [0.717, 1.165) is 37.4 Å². The maximum Gasteiger partial charge on any atom is 0.129 e. The molecule has 2 aliphatic carbocycles. The van der Waals surface area contributed by atoms with Crippen molar-refractivity contribution >= 4 is 13.8 Å². The molecule has 0 bridgehead atoms. The molecule has 3 nitrogen and oxygen atoms in total. The first kappa shape index (κ1) is 20.1. The van der Waals surface area contributed by atoms with Gasteiger partial charge >= 0.3 is 0 Å². The summed E-state index contributed by atoms with van der Waals surface area (Å²) < 4.78 is 2.75. The summed E-state index contributed by atoms with van der Waals surface area (Å²) in [4.78, 5) is 0. The molecule has 1 saturated heterocycles. The van der Waals surface area contributed by atoms with Gasteiger partial charge in [-0.15, -0.1) is 0 Å². The Labute approximate surface area is 172 Å². The third kappa shape index (κ3) is 3.56. The lowest BCUT2D eigenvalue weighted by atomic mass is 9.81. The molecule has 1 aliphatic heterocycles. The highest BCUT2D eigenvalue weighted by molar-refractivity contribution is 6.76. The fraction of sp³-hybridized carbons (Fsp3) is 0.583. The van der Waals surface area contributed by atoms with Crippen LogP contribution in [0.3, 0.4) is 0 Å². The Morgan fingerprint density at radius 2 is 1.75 bits per heavy atom. The van der Waals surface area contributed by atoms with Crippen molar-refractivity contribution in [3.63, 3.8) is 0 Å². The maximum atomic E-state index is 3.54. The second-order valence-corrected chi connectivity index (χ2v) is 14.5. The van der Waals surface area contributed by atoms with Crippen LogP contribution in [0.1, 0.15) is 31.4 Å². The minimum Gasteiger partial charge on any atom is -0.299 e. The van der Waals surface area contributed by atoms with Crippen LogP contribution >= 0.6 is 0 Å². The van der Waals surface area contributed by atoms with Gasteiger partial charge in [0.2, 0.25) is 0 Å². The molecule has 4 heteroatoms. The van der Waals surface area contributed by atoms with Gasteiger partial charge < -0.3 is 0 Å². The first-order valence-corrected chi connectivity index (χ1v) is 14.0. The second-order valence-electron chi connectivity index (χ2n) is 9.91. The molecule has 4 atom stereocenters. The fourth-order valence-corrected chi connectivity index (χ4v) is 10.3. The lowest BCUT2D eigenvalue weighted by molar-refractivity contribution is 0.272. The van der Waals surface area contributed by atoms with Crippen LogP contribution in [-0.4, -0.2) is 32.8 Å². The fourth-order valence-electron chi connectivity index (χ4n) is 6.01. The van der Waals surface area contributed by atoms with Crippen LogP contribution in [-0.2, 0) is 0 Å². The number of nitrogens with zero attached hydrogens (tertiary/aromatic N) is 1. The van der Waals surface area contributed by atoms with Crippen molar-refractivity contribution in [2.24, 2.45) is 23.7 Å². The van der Waals surface area contributed by atoms with Gasteiger partial charge in [-0.2, -0.15) is 0 Å². The summed E-state index contributed by atoms with van der Waals surface area (Å²) in [6, 6.07) is 9.19. The zero-order valence-electron chi connectivity index (χ0n) is 18.2. The summed E-state index contributed by atoms with van der Waals surface area (Å²) in [5, 5.41) is 7.08. The molecule has 1 heterocycles. The number of nitrogens with one attached hydrogen (secondary N) is 2. The van der Waals surface area contributed by atoms with Gasteiger partial charge in [-0.3, -0.25) is 15.2 Å². The van der Waals surface area contributed by atoms with E-state index < -0.39 is 8.24 Å². The molecule has 3 aliphatic rings. The SMILES string of the molecule is Cc1ccc(C2=CC=CC3C2CC(C(C)C)C3[Si](C)(C)N2CNCNC2)cc1. The van der Waals surface area contributed by atoms with E-state index in [1.807, 2.05) is 0 Å². The van der Waals surface area contributed by atoms with Crippen LogP contribution in [0, 0.1) is 30.6 Å². The van der Waals surface area contributed by atoms with Crippen molar-refractivity contribution in [2.45, 2.75) is 45.8 Å². The molecule has 1 aromatic rings. The Kier molecular flexibility index (Phi) is 5.67. The number of allylic oxidation sites excluding steroid dienone is 4. The summed E-state index contributed by atoms with van der Waals surface area (Å²) in [6.07, 6.45) is 8.63. The molecule has 0 radical (unpaired) electrons.